The molecule has 1 saturated carbocycles. The van der Waals surface area contributed by atoms with Crippen molar-refractivity contribution in [3.05, 3.63) is 130 Å². The number of imide groups is 2. The normalized spacial score (nSPS) is 24.3. The van der Waals surface area contributed by atoms with Crippen LogP contribution >= 0.6 is 22.9 Å². The van der Waals surface area contributed by atoms with Crippen LogP contribution in [-0.4, -0.2) is 52.7 Å². The molecule has 2 saturated heterocycles. The highest BCUT2D eigenvalue weighted by atomic mass is 35.5. The van der Waals surface area contributed by atoms with Crippen molar-refractivity contribution in [3.63, 3.8) is 0 Å². The van der Waals surface area contributed by atoms with Crippen LogP contribution < -0.4 is 19.3 Å². The Balaban J connectivity index is 0.988. The van der Waals surface area contributed by atoms with Crippen LogP contribution in [0, 0.1) is 36.0 Å². The fraction of sp³-hybridized carbons (Fsp3) is 0.260. The molecule has 6 aromatic rings. The fourth-order valence-electron chi connectivity index (χ4n) is 10.7. The molecule has 11 nitrogen and oxygen atoms in total. The van der Waals surface area contributed by atoms with Crippen LogP contribution in [0.4, 0.5) is 11.5 Å². The number of phenolic OH excluding ortho intramolecular Hbond substituents is 1. The molecule has 2 aliphatic heterocycles. The van der Waals surface area contributed by atoms with Crippen LogP contribution in [0.5, 0.6) is 17.2 Å². The molecule has 0 radical (unpaired) electrons. The number of fused-ring (bicyclic) bond motifs is 5. The number of methoxy groups -OCH3 is 2. The third-order valence-electron chi connectivity index (χ3n) is 13.8. The zero-order valence-corrected chi connectivity index (χ0v) is 36.7. The summed E-state index contributed by atoms with van der Waals surface area (Å²) in [6.07, 6.45) is 6.27. The molecule has 6 atom stereocenters. The Morgan fingerprint density at radius 3 is 2.40 bits per heavy atom. The first-order valence-electron chi connectivity index (χ1n) is 20.8. The van der Waals surface area contributed by atoms with Crippen LogP contribution in [0.25, 0.3) is 32.8 Å². The van der Waals surface area contributed by atoms with Crippen LogP contribution in [0.3, 0.4) is 0 Å². The number of benzene rings is 4. The van der Waals surface area contributed by atoms with E-state index in [1.165, 1.54) is 9.80 Å². The van der Waals surface area contributed by atoms with Gasteiger partial charge in [0.2, 0.25) is 23.6 Å². The maximum Gasteiger partial charge on any atom is 0.242 e. The number of nitrogens with zero attached hydrogens (tertiary/aromatic N) is 4. The van der Waals surface area contributed by atoms with E-state index in [9.17, 15) is 19.5 Å². The van der Waals surface area contributed by atoms with Gasteiger partial charge in [-0.1, -0.05) is 65.7 Å². The predicted molar refractivity (Wildman–Crippen MR) is 244 cm³/mol. The summed E-state index contributed by atoms with van der Waals surface area (Å²) in [6, 6.07) is 27.2. The topological polar surface area (TPSA) is 131 Å². The quantitative estimate of drug-likeness (QED) is 0.0909. The van der Waals surface area contributed by atoms with Crippen molar-refractivity contribution >= 4 is 80.3 Å². The molecule has 6 unspecified atom stereocenters. The largest absolute Gasteiger partial charge is 0.508 e. The molecule has 3 fully saturated rings. The summed E-state index contributed by atoms with van der Waals surface area (Å²) in [5, 5.41) is 17.9. The summed E-state index contributed by atoms with van der Waals surface area (Å²) in [5.74, 6) is -3.32. The van der Waals surface area contributed by atoms with E-state index in [1.807, 2.05) is 80.6 Å². The van der Waals surface area contributed by atoms with E-state index in [0.29, 0.717) is 39.3 Å². The standard InChI is InChI=1S/C50H43ClN4O7S/c1-26-35-23-29(51)14-21-41(35)63-45(26)38-25-42(53(3)52-38)55-47(58)37-24-36-32(44(50(37,2)49(55)60)33-8-6-7-9-39(33)56)18-19-34-43(36)48(59)54(46(34)57)30-15-11-27(12-16-30)10-13-28-22-31(61-4)17-20-40(28)62-5/h6-18,20-23,25,34,36-37,43-44,56H,19,24H2,1-5H3. The SMILES string of the molecule is COc1ccc(OC)c(C=Cc2ccc(N3C(=O)C4CC=C5C(CC6C(=O)N(c7cc(-c8sc9ccc(Cl)cc9c8C)nn7C)C(=O)C6(C)C5c5ccccc5O)C4C3=O)cc2)c1. The van der Waals surface area contributed by atoms with Crippen LogP contribution in [-0.2, 0) is 26.2 Å². The minimum atomic E-state index is -1.33. The Hall–Kier alpha value is -6.50. The number of aryl methyl sites for hydroxylation is 2. The van der Waals surface area contributed by atoms with Crippen LogP contribution in [0.15, 0.2) is 103 Å². The Labute approximate surface area is 372 Å². The molecule has 0 spiro atoms. The second-order valence-electron chi connectivity index (χ2n) is 17.0. The highest BCUT2D eigenvalue weighted by molar-refractivity contribution is 7.22. The van der Waals surface area contributed by atoms with E-state index in [0.717, 1.165) is 37.2 Å². The Kier molecular flexibility index (Phi) is 9.72. The van der Waals surface area contributed by atoms with Gasteiger partial charge >= 0.3 is 0 Å². The van der Waals surface area contributed by atoms with Crippen molar-refractivity contribution in [1.82, 2.24) is 9.78 Å². The zero-order valence-electron chi connectivity index (χ0n) is 35.2. The molecule has 10 rings (SSSR count). The van der Waals surface area contributed by atoms with E-state index in [4.69, 9.17) is 26.2 Å². The van der Waals surface area contributed by atoms with Crippen molar-refractivity contribution in [1.29, 1.82) is 0 Å². The van der Waals surface area contributed by atoms with E-state index in [-0.39, 0.29) is 30.4 Å². The minimum Gasteiger partial charge on any atom is -0.508 e. The number of aromatic nitrogens is 2. The van der Waals surface area contributed by atoms with Gasteiger partial charge in [0.1, 0.15) is 28.8 Å². The number of hydrogen-bond donors (Lipinski definition) is 1. The van der Waals surface area contributed by atoms with Crippen molar-refractivity contribution in [3.8, 4) is 27.8 Å². The van der Waals surface area contributed by atoms with Gasteiger partial charge < -0.3 is 14.6 Å². The Morgan fingerprint density at radius 1 is 0.873 bits per heavy atom. The van der Waals surface area contributed by atoms with E-state index >= 15 is 4.79 Å². The van der Waals surface area contributed by atoms with Gasteiger partial charge in [-0.25, -0.2) is 4.90 Å². The summed E-state index contributed by atoms with van der Waals surface area (Å²) in [4.78, 5) is 62.7. The second-order valence-corrected chi connectivity index (χ2v) is 18.5. The minimum absolute atomic E-state index is 0.0116. The molecule has 2 aromatic heterocycles. The van der Waals surface area contributed by atoms with E-state index in [2.05, 4.69) is 0 Å². The van der Waals surface area contributed by atoms with Gasteiger partial charge in [0.25, 0.3) is 0 Å². The average molecular weight is 879 g/mol. The molecule has 2 aliphatic carbocycles. The van der Waals surface area contributed by atoms with Gasteiger partial charge in [-0.05, 0) is 104 Å². The Morgan fingerprint density at radius 2 is 1.65 bits per heavy atom. The highest BCUT2D eigenvalue weighted by Crippen LogP contribution is 2.64. The molecule has 4 heterocycles. The van der Waals surface area contributed by atoms with Crippen LogP contribution in [0.1, 0.15) is 47.9 Å². The van der Waals surface area contributed by atoms with Crippen molar-refractivity contribution < 1.29 is 33.8 Å². The first kappa shape index (κ1) is 40.6. The smallest absolute Gasteiger partial charge is 0.242 e. The summed E-state index contributed by atoms with van der Waals surface area (Å²) < 4.78 is 13.5. The van der Waals surface area contributed by atoms with Crippen molar-refractivity contribution in [2.24, 2.45) is 36.1 Å². The third kappa shape index (κ3) is 6.17. The molecule has 13 heteroatoms. The molecule has 4 amide bonds. The van der Waals surface area contributed by atoms with Gasteiger partial charge in [-0.15, -0.1) is 11.3 Å². The summed E-state index contributed by atoms with van der Waals surface area (Å²) in [7, 11) is 4.93. The highest BCUT2D eigenvalue weighted by Gasteiger charge is 2.68. The number of aromatic hydroxyl groups is 1. The lowest BCUT2D eigenvalue weighted by atomic mass is 9.51. The number of phenols is 1. The second kappa shape index (κ2) is 15.1. The number of ether oxygens (including phenoxy) is 2. The zero-order chi connectivity index (χ0) is 44.1. The van der Waals surface area contributed by atoms with Gasteiger partial charge in [-0.2, -0.15) is 5.10 Å². The molecule has 4 aliphatic rings. The maximum absolute atomic E-state index is 15.2. The number of para-hydroxylation sites is 1. The lowest BCUT2D eigenvalue weighted by Gasteiger charge is -2.49. The van der Waals surface area contributed by atoms with Gasteiger partial charge in [0.15, 0.2) is 0 Å². The number of anilines is 2. The first-order valence-corrected chi connectivity index (χ1v) is 22.0. The molecular weight excluding hydrogens is 836 g/mol. The number of rotatable bonds is 8. The molecule has 1 N–H and O–H groups in total. The summed E-state index contributed by atoms with van der Waals surface area (Å²) in [6.45, 7) is 3.81. The number of thiophene rings is 1. The number of carbonyl (C=O) groups excluding carboxylic acids is 4. The number of allylic oxidation sites excluding steroid dienone is 2. The predicted octanol–water partition coefficient (Wildman–Crippen LogP) is 9.59. The lowest BCUT2D eigenvalue weighted by molar-refractivity contribution is -0.131. The summed E-state index contributed by atoms with van der Waals surface area (Å²) >= 11 is 7.90. The number of carbonyl (C=O) groups is 4. The fourth-order valence-corrected chi connectivity index (χ4v) is 12.0. The van der Waals surface area contributed by atoms with Crippen LogP contribution in [0.2, 0.25) is 5.02 Å². The van der Waals surface area contributed by atoms with Gasteiger partial charge in [0, 0.05) is 39.9 Å². The van der Waals surface area contributed by atoms with E-state index in [1.54, 1.807) is 79.8 Å². The number of amides is 4. The summed E-state index contributed by atoms with van der Waals surface area (Å²) in [5.41, 5.74) is 3.71. The average Bonchev–Trinajstić information content (AvgIpc) is 3.96. The first-order chi connectivity index (χ1) is 30.3. The maximum atomic E-state index is 15.2. The van der Waals surface area contributed by atoms with E-state index < -0.39 is 46.8 Å². The number of hydrogen-bond acceptors (Lipinski definition) is 9. The molecule has 4 aromatic carbocycles. The van der Waals surface area contributed by atoms with Crippen molar-refractivity contribution in [2.75, 3.05) is 24.0 Å². The third-order valence-corrected chi connectivity index (χ3v) is 15.3. The lowest BCUT2D eigenvalue weighted by Crippen LogP contribution is -2.49. The molecule has 0 bridgehead atoms. The molecule has 63 heavy (non-hydrogen) atoms. The van der Waals surface area contributed by atoms with Gasteiger partial charge in [0.05, 0.1) is 48.0 Å². The Bertz CT molecular complexity index is 2990. The number of halogens is 1. The van der Waals surface area contributed by atoms with Crippen molar-refractivity contribution in [2.45, 2.75) is 32.6 Å². The monoisotopic (exact) mass is 878 g/mol. The molecular formula is C50H43ClN4O7S. The van der Waals surface area contributed by atoms with Gasteiger partial charge in [-0.3, -0.25) is 28.8 Å². The molecule has 318 valence electrons.